The summed E-state index contributed by atoms with van der Waals surface area (Å²) in [6, 6.07) is 1.41. The lowest BCUT2D eigenvalue weighted by molar-refractivity contribution is 0.240. The quantitative estimate of drug-likeness (QED) is 0.835. The van der Waals surface area contributed by atoms with Gasteiger partial charge in [0.2, 0.25) is 0 Å². The van der Waals surface area contributed by atoms with Crippen molar-refractivity contribution in [2.45, 2.75) is 58.8 Å². The molecule has 1 saturated carbocycles. The van der Waals surface area contributed by atoms with E-state index in [2.05, 4.69) is 56.8 Å². The molecule has 5 heteroatoms. The molecule has 1 heterocycles. The molecule has 0 saturated heterocycles. The lowest BCUT2D eigenvalue weighted by atomic mass is 10.3. The molecule has 0 amide bonds. The summed E-state index contributed by atoms with van der Waals surface area (Å²) in [4.78, 5) is 2.49. The highest BCUT2D eigenvalue weighted by molar-refractivity contribution is 9.10. The van der Waals surface area contributed by atoms with Gasteiger partial charge >= 0.3 is 0 Å². The second-order valence-electron chi connectivity index (χ2n) is 5.54. The van der Waals surface area contributed by atoms with Crippen molar-refractivity contribution in [2.75, 3.05) is 13.6 Å². The summed E-state index contributed by atoms with van der Waals surface area (Å²) in [6.07, 6.45) is 2.74. The van der Waals surface area contributed by atoms with Gasteiger partial charge in [-0.1, -0.05) is 0 Å². The second kappa shape index (κ2) is 6.37. The average Bonchev–Trinajstić information content (AvgIpc) is 3.20. The molecule has 1 aliphatic carbocycles. The highest BCUT2D eigenvalue weighted by Crippen LogP contribution is 2.26. The number of nitrogens with zero attached hydrogens (tertiary/aromatic N) is 3. The summed E-state index contributed by atoms with van der Waals surface area (Å²) in [7, 11) is 2.24. The van der Waals surface area contributed by atoms with Crippen LogP contribution in [-0.4, -0.2) is 40.4 Å². The van der Waals surface area contributed by atoms with Crippen LogP contribution in [0, 0.1) is 6.92 Å². The van der Waals surface area contributed by atoms with Crippen molar-refractivity contribution < 1.29 is 0 Å². The van der Waals surface area contributed by atoms with E-state index in [0.29, 0.717) is 6.04 Å². The van der Waals surface area contributed by atoms with E-state index in [9.17, 15) is 0 Å². The van der Waals surface area contributed by atoms with E-state index in [1.807, 2.05) is 6.92 Å². The Kier molecular flexibility index (Phi) is 5.03. The third-order valence-electron chi connectivity index (χ3n) is 4.00. The molecule has 108 valence electrons. The van der Waals surface area contributed by atoms with Crippen LogP contribution in [0.5, 0.6) is 0 Å². The zero-order chi connectivity index (χ0) is 14.0. The fraction of sp³-hybridized carbons (Fsp3) is 0.786. The summed E-state index contributed by atoms with van der Waals surface area (Å²) < 4.78 is 3.21. The monoisotopic (exact) mass is 328 g/mol. The van der Waals surface area contributed by atoms with Crippen LogP contribution in [-0.2, 0) is 13.1 Å². The summed E-state index contributed by atoms with van der Waals surface area (Å²) >= 11 is 3.64. The molecule has 0 bridgehead atoms. The first-order valence-corrected chi connectivity index (χ1v) is 7.98. The first-order chi connectivity index (χ1) is 9.04. The molecule has 0 aliphatic heterocycles. The number of rotatable bonds is 7. The van der Waals surface area contributed by atoms with E-state index < -0.39 is 0 Å². The Labute approximate surface area is 124 Å². The Morgan fingerprint density at radius 2 is 2.21 bits per heavy atom. The first kappa shape index (κ1) is 15.0. The Balaban J connectivity index is 1.85. The van der Waals surface area contributed by atoms with E-state index >= 15 is 0 Å². The van der Waals surface area contributed by atoms with Crippen LogP contribution in [0.15, 0.2) is 4.47 Å². The number of hydrogen-bond donors (Lipinski definition) is 1. The first-order valence-electron chi connectivity index (χ1n) is 7.19. The molecule has 1 fully saturated rings. The predicted molar refractivity (Wildman–Crippen MR) is 82.3 cm³/mol. The van der Waals surface area contributed by atoms with Crippen LogP contribution in [0.1, 0.15) is 38.1 Å². The average molecular weight is 329 g/mol. The molecular formula is C14H25BrN4. The van der Waals surface area contributed by atoms with Gasteiger partial charge in [-0.25, -0.2) is 0 Å². The van der Waals surface area contributed by atoms with Gasteiger partial charge in [0.05, 0.1) is 15.9 Å². The molecule has 1 aromatic rings. The smallest absolute Gasteiger partial charge is 0.0739 e. The van der Waals surface area contributed by atoms with E-state index in [1.165, 1.54) is 18.5 Å². The molecule has 0 aromatic carbocycles. The van der Waals surface area contributed by atoms with Gasteiger partial charge in [0, 0.05) is 31.7 Å². The molecule has 2 rings (SSSR count). The van der Waals surface area contributed by atoms with E-state index in [0.717, 1.165) is 35.8 Å². The molecule has 19 heavy (non-hydrogen) atoms. The van der Waals surface area contributed by atoms with E-state index in [1.54, 1.807) is 0 Å². The molecule has 1 aliphatic rings. The van der Waals surface area contributed by atoms with Crippen LogP contribution < -0.4 is 5.32 Å². The van der Waals surface area contributed by atoms with E-state index in [4.69, 9.17) is 0 Å². The number of aromatic nitrogens is 2. The molecular weight excluding hydrogens is 304 g/mol. The van der Waals surface area contributed by atoms with Crippen molar-refractivity contribution in [3.63, 3.8) is 0 Å². The normalized spacial score (nSPS) is 17.2. The van der Waals surface area contributed by atoms with Gasteiger partial charge < -0.3 is 5.32 Å². The molecule has 4 nitrogen and oxygen atoms in total. The molecule has 1 N–H and O–H groups in total. The second-order valence-corrected chi connectivity index (χ2v) is 6.33. The fourth-order valence-electron chi connectivity index (χ4n) is 2.42. The maximum Gasteiger partial charge on any atom is 0.0739 e. The van der Waals surface area contributed by atoms with Crippen LogP contribution in [0.3, 0.4) is 0 Å². The minimum atomic E-state index is 0.588. The summed E-state index contributed by atoms with van der Waals surface area (Å²) in [5.74, 6) is 0. The Hall–Kier alpha value is -0.390. The SMILES string of the molecule is CCn1nc(C)c(Br)c1CNCC(C)N(C)C1CC1. The van der Waals surface area contributed by atoms with Gasteiger partial charge in [0.25, 0.3) is 0 Å². The van der Waals surface area contributed by atoms with Gasteiger partial charge in [-0.05, 0) is 56.6 Å². The number of aryl methyl sites for hydroxylation is 2. The van der Waals surface area contributed by atoms with Crippen molar-refractivity contribution in [1.82, 2.24) is 20.0 Å². The molecule has 1 unspecified atom stereocenters. The fourth-order valence-corrected chi connectivity index (χ4v) is 2.85. The number of hydrogen-bond acceptors (Lipinski definition) is 3. The Morgan fingerprint density at radius 3 is 2.79 bits per heavy atom. The van der Waals surface area contributed by atoms with Crippen molar-refractivity contribution in [2.24, 2.45) is 0 Å². The van der Waals surface area contributed by atoms with Crippen LogP contribution in [0.4, 0.5) is 0 Å². The number of likely N-dealkylation sites (N-methyl/N-ethyl adjacent to an activating group) is 1. The highest BCUT2D eigenvalue weighted by Gasteiger charge is 2.28. The van der Waals surface area contributed by atoms with Crippen molar-refractivity contribution >= 4 is 15.9 Å². The maximum absolute atomic E-state index is 4.52. The maximum atomic E-state index is 4.52. The predicted octanol–water partition coefficient (Wildman–Crippen LogP) is 2.55. The minimum Gasteiger partial charge on any atom is -0.310 e. The van der Waals surface area contributed by atoms with Gasteiger partial charge in [-0.15, -0.1) is 0 Å². The highest BCUT2D eigenvalue weighted by atomic mass is 79.9. The lowest BCUT2D eigenvalue weighted by Gasteiger charge is -2.24. The molecule has 0 spiro atoms. The molecule has 1 aromatic heterocycles. The van der Waals surface area contributed by atoms with E-state index in [-0.39, 0.29) is 0 Å². The number of halogens is 1. The van der Waals surface area contributed by atoms with Crippen LogP contribution in [0.25, 0.3) is 0 Å². The van der Waals surface area contributed by atoms with Gasteiger partial charge in [0.15, 0.2) is 0 Å². The Morgan fingerprint density at radius 1 is 1.53 bits per heavy atom. The molecule has 1 atom stereocenters. The third-order valence-corrected chi connectivity index (χ3v) is 5.03. The zero-order valence-electron chi connectivity index (χ0n) is 12.4. The van der Waals surface area contributed by atoms with Crippen molar-refractivity contribution in [3.8, 4) is 0 Å². The standard InChI is InChI=1S/C14H25BrN4/c1-5-19-13(14(15)11(3)17-19)9-16-8-10(2)18(4)12-6-7-12/h10,12,16H,5-9H2,1-4H3. The van der Waals surface area contributed by atoms with Crippen LogP contribution >= 0.6 is 15.9 Å². The van der Waals surface area contributed by atoms with Crippen molar-refractivity contribution in [1.29, 1.82) is 0 Å². The van der Waals surface area contributed by atoms with Crippen molar-refractivity contribution in [3.05, 3.63) is 15.9 Å². The summed E-state index contributed by atoms with van der Waals surface area (Å²) in [5, 5.41) is 8.08. The molecule has 0 radical (unpaired) electrons. The third kappa shape index (κ3) is 3.58. The summed E-state index contributed by atoms with van der Waals surface area (Å²) in [5.41, 5.74) is 2.32. The number of nitrogens with one attached hydrogen (secondary N) is 1. The topological polar surface area (TPSA) is 33.1 Å². The van der Waals surface area contributed by atoms with Gasteiger partial charge in [0.1, 0.15) is 0 Å². The summed E-state index contributed by atoms with van der Waals surface area (Å²) in [6.45, 7) is 9.28. The largest absolute Gasteiger partial charge is 0.310 e. The zero-order valence-corrected chi connectivity index (χ0v) is 14.0. The van der Waals surface area contributed by atoms with Gasteiger partial charge in [-0.3, -0.25) is 9.58 Å². The Bertz CT molecular complexity index is 425. The minimum absolute atomic E-state index is 0.588. The van der Waals surface area contributed by atoms with Crippen LogP contribution in [0.2, 0.25) is 0 Å². The lowest BCUT2D eigenvalue weighted by Crippen LogP contribution is -2.39. The van der Waals surface area contributed by atoms with Gasteiger partial charge in [-0.2, -0.15) is 5.10 Å².